The first-order valence-corrected chi connectivity index (χ1v) is 11.0. The predicted octanol–water partition coefficient (Wildman–Crippen LogP) is 3.78. The van der Waals surface area contributed by atoms with Gasteiger partial charge in [-0.15, -0.1) is 0 Å². The van der Waals surface area contributed by atoms with Gasteiger partial charge in [0.2, 0.25) is 0 Å². The highest BCUT2D eigenvalue weighted by Gasteiger charge is 2.20. The third-order valence-corrected chi connectivity index (χ3v) is 5.14. The Morgan fingerprint density at radius 3 is 2.59 bits per heavy atom. The number of benzene rings is 1. The van der Waals surface area contributed by atoms with Gasteiger partial charge >= 0.3 is 0 Å². The zero-order valence-electron chi connectivity index (χ0n) is 17.0. The molecule has 2 rings (SSSR count). The van der Waals surface area contributed by atoms with Crippen molar-refractivity contribution in [2.75, 3.05) is 32.8 Å². The Balaban J connectivity index is 1.71. The van der Waals surface area contributed by atoms with Crippen LogP contribution in [0.5, 0.6) is 0 Å². The number of ether oxygens (including phenoxy) is 1. The molecule has 6 heteroatoms. The highest BCUT2D eigenvalue weighted by Crippen LogP contribution is 2.16. The molecule has 152 valence electrons. The van der Waals surface area contributed by atoms with E-state index in [4.69, 9.17) is 9.73 Å². The Morgan fingerprint density at radius 1 is 1.26 bits per heavy atom. The van der Waals surface area contributed by atoms with Gasteiger partial charge in [-0.3, -0.25) is 9.89 Å². The molecule has 1 fully saturated rings. The quantitative estimate of drug-likeness (QED) is 0.349. The number of likely N-dealkylation sites (tertiary alicyclic amines) is 1. The molecule has 0 bridgehead atoms. The van der Waals surface area contributed by atoms with Gasteiger partial charge in [-0.05, 0) is 57.7 Å². The number of piperidine rings is 1. The van der Waals surface area contributed by atoms with Crippen molar-refractivity contribution in [3.63, 3.8) is 0 Å². The van der Waals surface area contributed by atoms with Gasteiger partial charge in [-0.2, -0.15) is 0 Å². The van der Waals surface area contributed by atoms with E-state index in [9.17, 15) is 0 Å². The van der Waals surface area contributed by atoms with E-state index < -0.39 is 0 Å². The maximum atomic E-state index is 5.58. The van der Waals surface area contributed by atoms with E-state index in [1.54, 1.807) is 0 Å². The first-order chi connectivity index (χ1) is 13.1. The normalized spacial score (nSPS) is 16.7. The number of rotatable bonds is 9. The van der Waals surface area contributed by atoms with E-state index in [-0.39, 0.29) is 0 Å². The first kappa shape index (κ1) is 22.2. The maximum Gasteiger partial charge on any atom is 0.191 e. The topological polar surface area (TPSA) is 48.9 Å². The number of halogens is 1. The number of hydrogen-bond donors (Lipinski definition) is 2. The molecule has 0 spiro atoms. The van der Waals surface area contributed by atoms with E-state index >= 15 is 0 Å². The molecule has 0 aliphatic carbocycles. The van der Waals surface area contributed by atoms with Crippen LogP contribution in [-0.2, 0) is 11.3 Å². The van der Waals surface area contributed by atoms with Crippen molar-refractivity contribution in [2.45, 2.75) is 58.7 Å². The smallest absolute Gasteiger partial charge is 0.191 e. The van der Waals surface area contributed by atoms with Crippen LogP contribution in [-0.4, -0.2) is 55.8 Å². The van der Waals surface area contributed by atoms with Gasteiger partial charge in [0.15, 0.2) is 5.96 Å². The second-order valence-electron chi connectivity index (χ2n) is 7.35. The highest BCUT2D eigenvalue weighted by atomic mass is 79.9. The van der Waals surface area contributed by atoms with Crippen LogP contribution in [0, 0.1) is 0 Å². The summed E-state index contributed by atoms with van der Waals surface area (Å²) in [5.41, 5.74) is 1.38. The van der Waals surface area contributed by atoms with Crippen LogP contribution in [0.3, 0.4) is 0 Å². The van der Waals surface area contributed by atoms with Crippen molar-refractivity contribution in [1.82, 2.24) is 15.5 Å². The largest absolute Gasteiger partial charge is 0.379 e. The van der Waals surface area contributed by atoms with Gasteiger partial charge in [-0.25, -0.2) is 0 Å². The molecule has 2 N–H and O–H groups in total. The van der Waals surface area contributed by atoms with Crippen LogP contribution < -0.4 is 10.6 Å². The van der Waals surface area contributed by atoms with E-state index in [0.29, 0.717) is 12.1 Å². The minimum absolute atomic E-state index is 0.294. The standard InChI is InChI=1S/C21H35BrN4O/c1-4-23-21(24-12-5-15-27-17(2)3)25-20-10-13-26(14-11-20)16-18-6-8-19(22)9-7-18/h6-9,17,20H,4-5,10-16H2,1-3H3,(H2,23,24,25). The lowest BCUT2D eigenvalue weighted by Crippen LogP contribution is -2.48. The average Bonchev–Trinajstić information content (AvgIpc) is 2.65. The molecule has 1 aliphatic heterocycles. The summed E-state index contributed by atoms with van der Waals surface area (Å²) >= 11 is 3.50. The second-order valence-corrected chi connectivity index (χ2v) is 8.27. The Bertz CT molecular complexity index is 554. The zero-order valence-corrected chi connectivity index (χ0v) is 18.6. The summed E-state index contributed by atoms with van der Waals surface area (Å²) in [5, 5.41) is 6.98. The summed E-state index contributed by atoms with van der Waals surface area (Å²) in [6, 6.07) is 9.14. The summed E-state index contributed by atoms with van der Waals surface area (Å²) < 4.78 is 6.72. The Kier molecular flexibility index (Phi) is 10.2. The van der Waals surface area contributed by atoms with Crippen molar-refractivity contribution in [3.8, 4) is 0 Å². The monoisotopic (exact) mass is 438 g/mol. The van der Waals surface area contributed by atoms with Crippen molar-refractivity contribution in [2.24, 2.45) is 4.99 Å². The molecule has 0 radical (unpaired) electrons. The lowest BCUT2D eigenvalue weighted by molar-refractivity contribution is 0.0782. The van der Waals surface area contributed by atoms with Crippen molar-refractivity contribution >= 4 is 21.9 Å². The molecule has 5 nitrogen and oxygen atoms in total. The fourth-order valence-electron chi connectivity index (χ4n) is 3.17. The van der Waals surface area contributed by atoms with Crippen molar-refractivity contribution < 1.29 is 4.74 Å². The van der Waals surface area contributed by atoms with Gasteiger partial charge in [0.05, 0.1) is 6.10 Å². The summed E-state index contributed by atoms with van der Waals surface area (Å²) in [6.07, 6.45) is 3.55. The minimum Gasteiger partial charge on any atom is -0.379 e. The zero-order chi connectivity index (χ0) is 19.5. The van der Waals surface area contributed by atoms with Crippen LogP contribution in [0.15, 0.2) is 33.7 Å². The molecule has 0 amide bonds. The molecule has 0 atom stereocenters. The van der Waals surface area contributed by atoms with Crippen LogP contribution >= 0.6 is 15.9 Å². The minimum atomic E-state index is 0.294. The molecule has 27 heavy (non-hydrogen) atoms. The summed E-state index contributed by atoms with van der Waals surface area (Å²) in [7, 11) is 0. The van der Waals surface area contributed by atoms with Gasteiger partial charge in [0, 0.05) is 49.8 Å². The molecule has 1 aromatic carbocycles. The third-order valence-electron chi connectivity index (χ3n) is 4.62. The fourth-order valence-corrected chi connectivity index (χ4v) is 3.44. The van der Waals surface area contributed by atoms with Crippen LogP contribution in [0.2, 0.25) is 0 Å². The summed E-state index contributed by atoms with van der Waals surface area (Å²) in [5.74, 6) is 0.938. The SMILES string of the molecule is CCNC(=NCCCOC(C)C)NC1CCN(Cc2ccc(Br)cc2)CC1. The third kappa shape index (κ3) is 9.08. The fraction of sp³-hybridized carbons (Fsp3) is 0.667. The first-order valence-electron chi connectivity index (χ1n) is 10.2. The number of hydrogen-bond acceptors (Lipinski definition) is 3. The van der Waals surface area contributed by atoms with E-state index in [0.717, 1.165) is 69.0 Å². The molecule has 0 unspecified atom stereocenters. The predicted molar refractivity (Wildman–Crippen MR) is 117 cm³/mol. The Morgan fingerprint density at radius 2 is 1.96 bits per heavy atom. The Labute approximate surface area is 173 Å². The number of nitrogens with zero attached hydrogens (tertiary/aromatic N) is 2. The lowest BCUT2D eigenvalue weighted by Gasteiger charge is -2.33. The number of aliphatic imine (C=N–C) groups is 1. The van der Waals surface area contributed by atoms with E-state index in [1.807, 2.05) is 0 Å². The maximum absolute atomic E-state index is 5.58. The summed E-state index contributed by atoms with van der Waals surface area (Å²) in [4.78, 5) is 7.23. The molecule has 0 aromatic heterocycles. The van der Waals surface area contributed by atoms with Crippen LogP contribution in [0.1, 0.15) is 45.6 Å². The molecular weight excluding hydrogens is 404 g/mol. The average molecular weight is 439 g/mol. The highest BCUT2D eigenvalue weighted by molar-refractivity contribution is 9.10. The molecule has 0 saturated carbocycles. The van der Waals surface area contributed by atoms with Crippen molar-refractivity contribution in [1.29, 1.82) is 0 Å². The van der Waals surface area contributed by atoms with E-state index in [2.05, 4.69) is 76.5 Å². The van der Waals surface area contributed by atoms with E-state index in [1.165, 1.54) is 5.56 Å². The number of nitrogens with one attached hydrogen (secondary N) is 2. The van der Waals surface area contributed by atoms with Gasteiger partial charge in [0.1, 0.15) is 0 Å². The van der Waals surface area contributed by atoms with Crippen LogP contribution in [0.25, 0.3) is 0 Å². The lowest BCUT2D eigenvalue weighted by atomic mass is 10.0. The molecular formula is C21H35BrN4O. The van der Waals surface area contributed by atoms with Gasteiger partial charge < -0.3 is 15.4 Å². The summed E-state index contributed by atoms with van der Waals surface area (Å²) in [6.45, 7) is 12.0. The molecule has 1 heterocycles. The number of guanidine groups is 1. The molecule has 1 saturated heterocycles. The van der Waals surface area contributed by atoms with Gasteiger partial charge in [0.25, 0.3) is 0 Å². The Hall–Kier alpha value is -1.11. The van der Waals surface area contributed by atoms with Crippen molar-refractivity contribution in [3.05, 3.63) is 34.3 Å². The van der Waals surface area contributed by atoms with Crippen LogP contribution in [0.4, 0.5) is 0 Å². The van der Waals surface area contributed by atoms with Gasteiger partial charge in [-0.1, -0.05) is 28.1 Å². The molecule has 1 aliphatic rings. The molecule has 1 aromatic rings. The second kappa shape index (κ2) is 12.4.